The number of ether oxygens (including phenoxy) is 3. The third kappa shape index (κ3) is 5.90. The lowest BCUT2D eigenvalue weighted by Crippen LogP contribution is -2.65. The Morgan fingerprint density at radius 1 is 0.606 bits per heavy atom. The third-order valence-electron chi connectivity index (χ3n) is 2.99. The van der Waals surface area contributed by atoms with E-state index in [2.05, 4.69) is 11.3 Å². The summed E-state index contributed by atoms with van der Waals surface area (Å²) in [6.45, 7) is -0.598. The first-order valence-corrected chi connectivity index (χ1v) is 7.03. The third-order valence-corrected chi connectivity index (χ3v) is 2.99. The lowest BCUT2D eigenvalue weighted by atomic mass is 10.2. The van der Waals surface area contributed by atoms with Gasteiger partial charge in [0, 0.05) is 6.08 Å². The molecule has 33 heavy (non-hydrogen) atoms. The summed E-state index contributed by atoms with van der Waals surface area (Å²) in [5, 5.41) is 0. The zero-order chi connectivity index (χ0) is 27.1. The summed E-state index contributed by atoms with van der Waals surface area (Å²) < 4.78 is 223. The van der Waals surface area contributed by atoms with Gasteiger partial charge < -0.3 is 4.74 Å². The van der Waals surface area contributed by atoms with Crippen molar-refractivity contribution < 1.29 is 93.6 Å². The second kappa shape index (κ2) is 8.62. The fourth-order valence-corrected chi connectivity index (χ4v) is 1.28. The van der Waals surface area contributed by atoms with Crippen LogP contribution < -0.4 is 0 Å². The molecule has 0 aromatic rings. The first-order valence-electron chi connectivity index (χ1n) is 7.03. The van der Waals surface area contributed by atoms with E-state index in [0.29, 0.717) is 0 Å². The summed E-state index contributed by atoms with van der Waals surface area (Å²) >= 11 is 0. The Hall–Kier alpha value is -2.06. The molecule has 0 rings (SSSR count). The Bertz CT molecular complexity index is 724. The van der Waals surface area contributed by atoms with Gasteiger partial charge in [0.15, 0.2) is 6.61 Å². The van der Waals surface area contributed by atoms with Gasteiger partial charge in [-0.1, -0.05) is 6.58 Å². The van der Waals surface area contributed by atoms with Crippen LogP contribution in [0.5, 0.6) is 0 Å². The lowest BCUT2D eigenvalue weighted by Gasteiger charge is -2.38. The molecule has 0 aromatic carbocycles. The zero-order valence-electron chi connectivity index (χ0n) is 14.5. The van der Waals surface area contributed by atoms with Crippen molar-refractivity contribution in [1.82, 2.24) is 0 Å². The molecular weight excluding hydrogens is 531 g/mol. The topological polar surface area (TPSA) is 44.8 Å². The van der Waals surface area contributed by atoms with E-state index < -0.39 is 61.0 Å². The van der Waals surface area contributed by atoms with Crippen LogP contribution in [-0.2, 0) is 19.0 Å². The second-order valence-corrected chi connectivity index (χ2v) is 5.44. The van der Waals surface area contributed by atoms with E-state index in [1.165, 1.54) is 4.74 Å². The molecule has 21 heteroatoms. The fourth-order valence-electron chi connectivity index (χ4n) is 1.28. The zero-order valence-corrected chi connectivity index (χ0v) is 14.5. The van der Waals surface area contributed by atoms with Gasteiger partial charge in [-0.05, 0) is 0 Å². The molecule has 4 nitrogen and oxygen atoms in total. The number of carbonyl (C=O) groups excluding carboxylic acids is 1. The van der Waals surface area contributed by atoms with E-state index in [1.807, 2.05) is 4.74 Å². The van der Waals surface area contributed by atoms with E-state index in [4.69, 9.17) is 0 Å². The molecule has 0 heterocycles. The van der Waals surface area contributed by atoms with E-state index in [1.54, 1.807) is 0 Å². The van der Waals surface area contributed by atoms with Crippen LogP contribution in [0.25, 0.3) is 0 Å². The maximum Gasteiger partial charge on any atom is 0.462 e. The van der Waals surface area contributed by atoms with E-state index >= 15 is 0 Å². The van der Waals surface area contributed by atoms with Crippen molar-refractivity contribution in [2.24, 2.45) is 0 Å². The fraction of sp³-hybridized carbons (Fsp3) is 0.750. The standard InChI is InChI=1S/C12H5F17O4/c1-2-4(30)31-3-5(13,8(18,19)20)32-11(26,27)7(16,17)12(28,29)33-10(24,25)6(14,15)9(21,22)23/h2H,1,3H2. The minimum atomic E-state index is -7.99. The van der Waals surface area contributed by atoms with Crippen molar-refractivity contribution in [3.05, 3.63) is 12.7 Å². The first kappa shape index (κ1) is 30.9. The summed E-state index contributed by atoms with van der Waals surface area (Å²) in [7, 11) is 0. The first-order chi connectivity index (χ1) is 14.1. The van der Waals surface area contributed by atoms with Gasteiger partial charge in [-0.2, -0.15) is 74.6 Å². The number of halogens is 17. The predicted octanol–water partition coefficient (Wildman–Crippen LogP) is 5.59. The van der Waals surface area contributed by atoms with Crippen molar-refractivity contribution >= 4 is 5.97 Å². The number of alkyl halides is 17. The molecule has 0 bridgehead atoms. The molecule has 0 radical (unpaired) electrons. The van der Waals surface area contributed by atoms with Crippen molar-refractivity contribution in [2.75, 3.05) is 6.61 Å². The van der Waals surface area contributed by atoms with Gasteiger partial charge >= 0.3 is 54.3 Å². The van der Waals surface area contributed by atoms with Gasteiger partial charge in [-0.15, -0.1) is 0 Å². The van der Waals surface area contributed by atoms with Crippen LogP contribution in [0.4, 0.5) is 74.6 Å². The van der Waals surface area contributed by atoms with Gasteiger partial charge in [0.05, 0.1) is 0 Å². The molecular formula is C12H5F17O4. The van der Waals surface area contributed by atoms with Gasteiger partial charge in [0.1, 0.15) is 0 Å². The SMILES string of the molecule is C=CC(=O)OCC(F)(OC(F)(F)C(F)(F)C(F)(F)OC(F)(F)C(F)(F)C(F)(F)F)C(F)(F)F. The second-order valence-electron chi connectivity index (χ2n) is 5.44. The highest BCUT2D eigenvalue weighted by Crippen LogP contribution is 2.55. The van der Waals surface area contributed by atoms with E-state index in [9.17, 15) is 79.4 Å². The van der Waals surface area contributed by atoms with Crippen molar-refractivity contribution in [1.29, 1.82) is 0 Å². The monoisotopic (exact) mass is 536 g/mol. The van der Waals surface area contributed by atoms with Crippen molar-refractivity contribution in [3.63, 3.8) is 0 Å². The molecule has 0 aliphatic carbocycles. The van der Waals surface area contributed by atoms with Gasteiger partial charge in [0.2, 0.25) is 0 Å². The molecule has 0 spiro atoms. The summed E-state index contributed by atoms with van der Waals surface area (Å²) in [6, 6.07) is 0. The molecule has 0 aliphatic rings. The number of rotatable bonds is 10. The maximum absolute atomic E-state index is 13.7. The van der Waals surface area contributed by atoms with Crippen molar-refractivity contribution in [2.45, 2.75) is 48.4 Å². The smallest absolute Gasteiger partial charge is 0.456 e. The average molecular weight is 536 g/mol. The molecule has 0 amide bonds. The van der Waals surface area contributed by atoms with E-state index in [-0.39, 0.29) is 6.08 Å². The Kier molecular flexibility index (Phi) is 8.08. The molecule has 0 fully saturated rings. The molecule has 0 N–H and O–H groups in total. The highest BCUT2D eigenvalue weighted by Gasteiger charge is 2.83. The minimum absolute atomic E-state index is 0.0472. The van der Waals surface area contributed by atoms with Crippen LogP contribution in [0.15, 0.2) is 12.7 Å². The number of hydrogen-bond acceptors (Lipinski definition) is 4. The summed E-state index contributed by atoms with van der Waals surface area (Å²) in [4.78, 5) is 10.6. The number of esters is 1. The molecule has 0 aromatic heterocycles. The van der Waals surface area contributed by atoms with Gasteiger partial charge in [-0.3, -0.25) is 4.74 Å². The average Bonchev–Trinajstić information content (AvgIpc) is 2.55. The highest BCUT2D eigenvalue weighted by molar-refractivity contribution is 5.81. The van der Waals surface area contributed by atoms with Crippen LogP contribution in [0, 0.1) is 0 Å². The van der Waals surface area contributed by atoms with Crippen LogP contribution >= 0.6 is 0 Å². The molecule has 1 atom stereocenters. The number of carbonyl (C=O) groups is 1. The van der Waals surface area contributed by atoms with Crippen molar-refractivity contribution in [3.8, 4) is 0 Å². The summed E-state index contributed by atoms with van der Waals surface area (Å²) in [5.41, 5.74) is 0. The Balaban J connectivity index is 6.21. The quantitative estimate of drug-likeness (QED) is 0.208. The predicted molar refractivity (Wildman–Crippen MR) is 64.0 cm³/mol. The van der Waals surface area contributed by atoms with Crippen LogP contribution in [-0.4, -0.2) is 61.0 Å². The molecule has 0 aliphatic heterocycles. The maximum atomic E-state index is 13.7. The molecule has 0 saturated heterocycles. The minimum Gasteiger partial charge on any atom is -0.456 e. The van der Waals surface area contributed by atoms with Gasteiger partial charge in [0.25, 0.3) is 0 Å². The lowest BCUT2D eigenvalue weighted by molar-refractivity contribution is -0.538. The molecule has 196 valence electrons. The molecule has 0 saturated carbocycles. The van der Waals surface area contributed by atoms with Crippen LogP contribution in [0.1, 0.15) is 0 Å². The van der Waals surface area contributed by atoms with E-state index in [0.717, 1.165) is 0 Å². The Labute approximate surface area is 168 Å². The Morgan fingerprint density at radius 3 is 1.30 bits per heavy atom. The van der Waals surface area contributed by atoms with Crippen LogP contribution in [0.3, 0.4) is 0 Å². The molecule has 1 unspecified atom stereocenters. The Morgan fingerprint density at radius 2 is 0.970 bits per heavy atom. The summed E-state index contributed by atoms with van der Waals surface area (Å²) in [5.74, 6) is -24.1. The highest BCUT2D eigenvalue weighted by atomic mass is 19.4. The normalized spacial score (nSPS) is 16.9. The van der Waals surface area contributed by atoms with Crippen LogP contribution in [0.2, 0.25) is 0 Å². The van der Waals surface area contributed by atoms with Gasteiger partial charge in [-0.25, -0.2) is 9.53 Å². The summed E-state index contributed by atoms with van der Waals surface area (Å²) in [6.07, 6.45) is -37.7. The largest absolute Gasteiger partial charge is 0.462 e. The number of hydrogen-bond donors (Lipinski definition) is 0.